The maximum absolute atomic E-state index is 13.2. The summed E-state index contributed by atoms with van der Waals surface area (Å²) in [7, 11) is 0. The molecule has 0 saturated carbocycles. The third-order valence-corrected chi connectivity index (χ3v) is 6.82. The van der Waals surface area contributed by atoms with Gasteiger partial charge in [-0.1, -0.05) is 55.1 Å². The van der Waals surface area contributed by atoms with Crippen molar-refractivity contribution in [2.45, 2.75) is 43.6 Å². The molecule has 5 nitrogen and oxygen atoms in total. The molecule has 1 atom stereocenters. The molecule has 0 radical (unpaired) electrons. The lowest BCUT2D eigenvalue weighted by Gasteiger charge is -2.15. The number of hydrogen-bond acceptors (Lipinski definition) is 5. The Morgan fingerprint density at radius 2 is 2.14 bits per heavy atom. The van der Waals surface area contributed by atoms with Crippen LogP contribution in [0.25, 0.3) is 10.2 Å². The van der Waals surface area contributed by atoms with Crippen LogP contribution in [0.4, 0.5) is 0 Å². The van der Waals surface area contributed by atoms with Gasteiger partial charge in [-0.3, -0.25) is 14.2 Å². The van der Waals surface area contributed by atoms with Gasteiger partial charge in [-0.25, -0.2) is 4.98 Å². The van der Waals surface area contributed by atoms with E-state index >= 15 is 0 Å². The highest BCUT2D eigenvalue weighted by molar-refractivity contribution is 8.00. The average Bonchev–Trinajstić information content (AvgIpc) is 3.16. The van der Waals surface area contributed by atoms with Crippen LogP contribution in [-0.2, 0) is 24.2 Å². The number of nitrogens with zero attached hydrogens (tertiary/aromatic N) is 2. The van der Waals surface area contributed by atoms with Gasteiger partial charge in [0.15, 0.2) is 5.16 Å². The van der Waals surface area contributed by atoms with Gasteiger partial charge < -0.3 is 5.32 Å². The smallest absolute Gasteiger partial charge is 0.262 e. The average molecular weight is 428 g/mol. The molecule has 1 N–H and O–H groups in total. The normalized spacial score (nSPS) is 12.1. The number of fused-ring (bicyclic) bond motifs is 1. The van der Waals surface area contributed by atoms with Crippen LogP contribution < -0.4 is 10.9 Å². The summed E-state index contributed by atoms with van der Waals surface area (Å²) >= 11 is 2.87. The zero-order valence-electron chi connectivity index (χ0n) is 16.7. The van der Waals surface area contributed by atoms with Crippen LogP contribution in [0, 0.1) is 0 Å². The monoisotopic (exact) mass is 427 g/mol. The lowest BCUT2D eigenvalue weighted by molar-refractivity contribution is -0.120. The minimum absolute atomic E-state index is 0.0388. The Labute approximate surface area is 178 Å². The highest BCUT2D eigenvalue weighted by Gasteiger charge is 2.20. The second kappa shape index (κ2) is 9.89. The van der Waals surface area contributed by atoms with E-state index in [-0.39, 0.29) is 16.7 Å². The fourth-order valence-electron chi connectivity index (χ4n) is 2.92. The summed E-state index contributed by atoms with van der Waals surface area (Å²) in [6, 6.07) is 12.0. The van der Waals surface area contributed by atoms with Gasteiger partial charge in [0.05, 0.1) is 10.6 Å². The molecule has 29 heavy (non-hydrogen) atoms. The molecule has 2 aromatic heterocycles. The van der Waals surface area contributed by atoms with Gasteiger partial charge in [0.2, 0.25) is 5.91 Å². The fraction of sp³-hybridized carbons (Fsp3) is 0.318. The maximum atomic E-state index is 13.2. The van der Waals surface area contributed by atoms with Crippen molar-refractivity contribution in [1.29, 1.82) is 0 Å². The summed E-state index contributed by atoms with van der Waals surface area (Å²) < 4.78 is 1.71. The third-order valence-electron chi connectivity index (χ3n) is 4.55. The van der Waals surface area contributed by atoms with E-state index in [0.29, 0.717) is 23.6 Å². The fourth-order valence-corrected chi connectivity index (χ4v) is 4.89. The molecule has 3 aromatic rings. The van der Waals surface area contributed by atoms with Crippen molar-refractivity contribution in [2.24, 2.45) is 0 Å². The van der Waals surface area contributed by atoms with Gasteiger partial charge in [0.25, 0.3) is 5.56 Å². The van der Waals surface area contributed by atoms with E-state index in [1.54, 1.807) is 22.0 Å². The first kappa shape index (κ1) is 21.3. The molecule has 0 aliphatic rings. The highest BCUT2D eigenvalue weighted by Crippen LogP contribution is 2.27. The predicted molar refractivity (Wildman–Crippen MR) is 122 cm³/mol. The standard InChI is InChI=1S/C22H25N3O2S2/c1-4-12-23-19(26)15(3)28-22-24-20-18(14-17(5-2)29-20)21(27)25(22)13-11-16-9-7-6-8-10-16/h4,6-10,14-15H,1,5,11-13H2,2-3H3,(H,23,26). The summed E-state index contributed by atoms with van der Waals surface area (Å²) in [6.07, 6.45) is 3.24. The van der Waals surface area contributed by atoms with Crippen LogP contribution in [0.3, 0.4) is 0 Å². The summed E-state index contributed by atoms with van der Waals surface area (Å²) in [5.41, 5.74) is 1.12. The molecule has 0 bridgehead atoms. The Kier molecular flexibility index (Phi) is 7.28. The van der Waals surface area contributed by atoms with E-state index in [9.17, 15) is 9.59 Å². The molecule has 3 rings (SSSR count). The Balaban J connectivity index is 1.95. The van der Waals surface area contributed by atoms with E-state index in [1.165, 1.54) is 11.8 Å². The first-order valence-electron chi connectivity index (χ1n) is 9.66. The van der Waals surface area contributed by atoms with Gasteiger partial charge in [0, 0.05) is 18.0 Å². The highest BCUT2D eigenvalue weighted by atomic mass is 32.2. The summed E-state index contributed by atoms with van der Waals surface area (Å²) in [6.45, 7) is 8.46. The molecule has 0 spiro atoms. The Morgan fingerprint density at radius 1 is 1.38 bits per heavy atom. The molecule has 0 saturated heterocycles. The quantitative estimate of drug-likeness (QED) is 0.318. The number of benzene rings is 1. The minimum Gasteiger partial charge on any atom is -0.352 e. The molecular weight excluding hydrogens is 402 g/mol. The van der Waals surface area contributed by atoms with E-state index in [0.717, 1.165) is 28.1 Å². The van der Waals surface area contributed by atoms with Gasteiger partial charge in [-0.15, -0.1) is 17.9 Å². The van der Waals surface area contributed by atoms with Crippen LogP contribution in [0.2, 0.25) is 0 Å². The summed E-state index contributed by atoms with van der Waals surface area (Å²) in [5.74, 6) is -0.0979. The molecule has 2 heterocycles. The van der Waals surface area contributed by atoms with Crippen LogP contribution in [0.1, 0.15) is 24.3 Å². The molecule has 1 aromatic carbocycles. The van der Waals surface area contributed by atoms with Crippen LogP contribution in [0.5, 0.6) is 0 Å². The van der Waals surface area contributed by atoms with Gasteiger partial charge in [0.1, 0.15) is 4.83 Å². The van der Waals surface area contributed by atoms with Gasteiger partial charge in [-0.2, -0.15) is 0 Å². The topological polar surface area (TPSA) is 64.0 Å². The molecule has 0 aliphatic carbocycles. The number of aryl methyl sites for hydroxylation is 2. The molecule has 0 fully saturated rings. The van der Waals surface area contributed by atoms with Gasteiger partial charge >= 0.3 is 0 Å². The number of nitrogens with one attached hydrogen (secondary N) is 1. The van der Waals surface area contributed by atoms with Crippen molar-refractivity contribution in [3.05, 3.63) is 69.8 Å². The zero-order valence-corrected chi connectivity index (χ0v) is 18.3. The molecular formula is C22H25N3O2S2. The number of rotatable bonds is 9. The van der Waals surface area contributed by atoms with Crippen LogP contribution >= 0.6 is 23.1 Å². The van der Waals surface area contributed by atoms with E-state index in [4.69, 9.17) is 4.98 Å². The summed E-state index contributed by atoms with van der Waals surface area (Å²) in [5, 5.41) is 3.68. The molecule has 1 unspecified atom stereocenters. The molecule has 0 aliphatic heterocycles. The predicted octanol–water partition coefficient (Wildman–Crippen LogP) is 4.05. The SMILES string of the molecule is C=CCNC(=O)C(C)Sc1nc2sc(CC)cc2c(=O)n1CCc1ccccc1. The number of thiophene rings is 1. The maximum Gasteiger partial charge on any atom is 0.262 e. The molecule has 1 amide bonds. The number of carbonyl (C=O) groups is 1. The number of hydrogen-bond donors (Lipinski definition) is 1. The van der Waals surface area contributed by atoms with Crippen molar-refractivity contribution in [1.82, 2.24) is 14.9 Å². The number of carbonyl (C=O) groups excluding carboxylic acids is 1. The summed E-state index contributed by atoms with van der Waals surface area (Å²) in [4.78, 5) is 32.2. The lowest BCUT2D eigenvalue weighted by Crippen LogP contribution is -2.32. The number of amides is 1. The number of thioether (sulfide) groups is 1. The van der Waals surface area contributed by atoms with Crippen molar-refractivity contribution < 1.29 is 4.79 Å². The molecule has 152 valence electrons. The minimum atomic E-state index is -0.368. The Morgan fingerprint density at radius 3 is 2.83 bits per heavy atom. The number of aromatic nitrogens is 2. The van der Waals surface area contributed by atoms with Crippen LogP contribution in [0.15, 0.2) is 59.0 Å². The second-order valence-corrected chi connectivity index (χ2v) is 9.09. The van der Waals surface area contributed by atoms with Crippen molar-refractivity contribution in [3.8, 4) is 0 Å². The van der Waals surface area contributed by atoms with E-state index in [2.05, 4.69) is 31.0 Å². The van der Waals surface area contributed by atoms with Crippen molar-refractivity contribution in [2.75, 3.05) is 6.54 Å². The largest absolute Gasteiger partial charge is 0.352 e. The second-order valence-electron chi connectivity index (χ2n) is 6.67. The van der Waals surface area contributed by atoms with E-state index in [1.807, 2.05) is 31.2 Å². The first-order chi connectivity index (χ1) is 14.0. The third kappa shape index (κ3) is 5.16. The lowest BCUT2D eigenvalue weighted by atomic mass is 10.1. The Bertz CT molecular complexity index is 1060. The van der Waals surface area contributed by atoms with Crippen LogP contribution in [-0.4, -0.2) is 27.3 Å². The Hall–Kier alpha value is -2.38. The zero-order chi connectivity index (χ0) is 20.8. The van der Waals surface area contributed by atoms with Gasteiger partial charge in [-0.05, 0) is 31.4 Å². The van der Waals surface area contributed by atoms with E-state index < -0.39 is 0 Å². The molecule has 7 heteroatoms. The first-order valence-corrected chi connectivity index (χ1v) is 11.4. The van der Waals surface area contributed by atoms with Crippen molar-refractivity contribution >= 4 is 39.2 Å². The van der Waals surface area contributed by atoms with Crippen molar-refractivity contribution in [3.63, 3.8) is 0 Å².